The summed E-state index contributed by atoms with van der Waals surface area (Å²) in [5.74, 6) is 0.129. The van der Waals surface area contributed by atoms with Crippen molar-refractivity contribution >= 4 is 27.0 Å². The predicted octanol–water partition coefficient (Wildman–Crippen LogP) is 7.86. The van der Waals surface area contributed by atoms with E-state index >= 15 is 0 Å². The molecule has 3 aromatic rings. The normalized spacial score (nSPS) is 12.3. The van der Waals surface area contributed by atoms with E-state index in [0.29, 0.717) is 19.5 Å². The van der Waals surface area contributed by atoms with Crippen molar-refractivity contribution in [2.75, 3.05) is 25.4 Å². The van der Waals surface area contributed by atoms with Crippen LogP contribution in [-0.2, 0) is 21.3 Å². The van der Waals surface area contributed by atoms with E-state index in [0.717, 1.165) is 23.7 Å². The van der Waals surface area contributed by atoms with Crippen LogP contribution in [-0.4, -0.2) is 51.2 Å². The van der Waals surface area contributed by atoms with Gasteiger partial charge in [-0.2, -0.15) is 4.57 Å². The van der Waals surface area contributed by atoms with E-state index in [2.05, 4.69) is 22.1 Å². The highest BCUT2D eigenvalue weighted by molar-refractivity contribution is 7.89. The second kappa shape index (κ2) is 24.0. The summed E-state index contributed by atoms with van der Waals surface area (Å²) in [4.78, 5) is 12.3. The van der Waals surface area contributed by atoms with Crippen LogP contribution in [0.4, 0.5) is 4.79 Å². The Morgan fingerprint density at radius 2 is 1.46 bits per heavy atom. The molecule has 1 atom stereocenters. The van der Waals surface area contributed by atoms with Crippen LogP contribution in [0.5, 0.6) is 5.88 Å². The molecule has 3 rings (SSSR count). The van der Waals surface area contributed by atoms with E-state index in [1.54, 1.807) is 0 Å². The molecule has 48 heavy (non-hydrogen) atoms. The fourth-order valence-corrected chi connectivity index (χ4v) is 6.88. The Morgan fingerprint density at radius 3 is 2.10 bits per heavy atom. The Bertz CT molecular complexity index is 1360. The van der Waals surface area contributed by atoms with E-state index in [1.165, 1.54) is 102 Å². The van der Waals surface area contributed by atoms with Gasteiger partial charge in [-0.25, -0.2) is 17.9 Å². The second-order valence-electron chi connectivity index (χ2n) is 12.7. The van der Waals surface area contributed by atoms with E-state index in [1.807, 2.05) is 47.2 Å². The molecular formula is C37H59N4O6S+. The molecule has 0 saturated carbocycles. The van der Waals surface area contributed by atoms with E-state index in [-0.39, 0.29) is 24.8 Å². The zero-order valence-electron chi connectivity index (χ0n) is 29.1. The molecule has 0 aliphatic rings. The number of unbranched alkanes of at least 4 members (excludes halogenated alkanes) is 15. The van der Waals surface area contributed by atoms with Crippen molar-refractivity contribution in [3.63, 3.8) is 0 Å². The molecule has 1 aromatic carbocycles. The zero-order chi connectivity index (χ0) is 34.1. The number of amides is 1. The fraction of sp³-hybridized carbons (Fsp3) is 0.649. The van der Waals surface area contributed by atoms with Crippen molar-refractivity contribution in [1.29, 1.82) is 0 Å². The average molecular weight is 688 g/mol. The van der Waals surface area contributed by atoms with Crippen LogP contribution in [0.2, 0.25) is 0 Å². The third-order valence-electron chi connectivity index (χ3n) is 8.53. The first kappa shape index (κ1) is 39.3. The number of pyridine rings is 1. The number of aromatic nitrogens is 2. The van der Waals surface area contributed by atoms with Crippen molar-refractivity contribution in [2.24, 2.45) is 0 Å². The lowest BCUT2D eigenvalue weighted by Crippen LogP contribution is -2.41. The fourth-order valence-electron chi connectivity index (χ4n) is 5.78. The number of benzene rings is 1. The summed E-state index contributed by atoms with van der Waals surface area (Å²) in [6.07, 6.45) is 23.2. The predicted molar refractivity (Wildman–Crippen MR) is 190 cm³/mol. The first-order valence-electron chi connectivity index (χ1n) is 18.3. The van der Waals surface area contributed by atoms with Crippen LogP contribution in [0.3, 0.4) is 0 Å². The Balaban J connectivity index is 1.23. The van der Waals surface area contributed by atoms with Gasteiger partial charge in [0.2, 0.25) is 15.5 Å². The molecule has 11 heteroatoms. The summed E-state index contributed by atoms with van der Waals surface area (Å²) in [5.41, 5.74) is 1.05. The molecule has 2 aromatic heterocycles. The lowest BCUT2D eigenvalue weighted by Gasteiger charge is -2.18. The number of hydrogen-bond acceptors (Lipinski definition) is 7. The topological polar surface area (TPSA) is 124 Å². The molecule has 2 N–H and O–H groups in total. The van der Waals surface area contributed by atoms with Crippen LogP contribution in [0.1, 0.15) is 116 Å². The zero-order valence-corrected chi connectivity index (χ0v) is 29.9. The molecule has 0 spiro atoms. The number of carbonyl (C=O) groups is 1. The van der Waals surface area contributed by atoms with Crippen molar-refractivity contribution in [3.05, 3.63) is 54.9 Å². The van der Waals surface area contributed by atoms with Gasteiger partial charge in [0.1, 0.15) is 25.5 Å². The average Bonchev–Trinajstić information content (AvgIpc) is 3.60. The van der Waals surface area contributed by atoms with Crippen LogP contribution < -0.4 is 19.3 Å². The van der Waals surface area contributed by atoms with E-state index in [9.17, 15) is 13.2 Å². The van der Waals surface area contributed by atoms with Crippen molar-refractivity contribution < 1.29 is 31.8 Å². The number of fused-ring (bicyclic) bond motifs is 1. The monoisotopic (exact) mass is 687 g/mol. The first-order valence-corrected chi connectivity index (χ1v) is 19.9. The summed E-state index contributed by atoms with van der Waals surface area (Å²) < 4.78 is 46.1. The lowest BCUT2D eigenvalue weighted by atomic mass is 10.0. The SMILES string of the molecule is CCCCCCCCCCCCCCCCCCNC(=O)OCC(CNS(=O)(=O)CCC[n+]1cccc2ccccc21)Oc1ccon1. The largest absolute Gasteiger partial charge is 0.467 e. The van der Waals surface area contributed by atoms with Crippen LogP contribution in [0, 0.1) is 0 Å². The Labute approximate surface area is 288 Å². The molecule has 10 nitrogen and oxygen atoms in total. The number of para-hydroxylation sites is 1. The van der Waals surface area contributed by atoms with Crippen molar-refractivity contribution in [3.8, 4) is 5.88 Å². The molecule has 0 aliphatic heterocycles. The minimum Gasteiger partial charge on any atom is -0.467 e. The third-order valence-corrected chi connectivity index (χ3v) is 9.97. The smallest absolute Gasteiger partial charge is 0.407 e. The van der Waals surface area contributed by atoms with Gasteiger partial charge < -0.3 is 19.3 Å². The number of carbonyl (C=O) groups excluding carboxylic acids is 1. The molecule has 268 valence electrons. The van der Waals surface area contributed by atoms with E-state index < -0.39 is 22.2 Å². The maximum Gasteiger partial charge on any atom is 0.407 e. The third kappa shape index (κ3) is 17.3. The molecule has 0 fully saturated rings. The molecule has 1 unspecified atom stereocenters. The number of ether oxygens (including phenoxy) is 2. The summed E-state index contributed by atoms with van der Waals surface area (Å²) in [5, 5.41) is 7.61. The van der Waals surface area contributed by atoms with Crippen molar-refractivity contribution in [2.45, 2.75) is 129 Å². The number of nitrogens with one attached hydrogen (secondary N) is 2. The quantitative estimate of drug-likeness (QED) is 0.0588. The second-order valence-corrected chi connectivity index (χ2v) is 14.6. The molecule has 0 bridgehead atoms. The number of hydrogen-bond donors (Lipinski definition) is 2. The molecular weight excluding hydrogens is 628 g/mol. The summed E-state index contributed by atoms with van der Waals surface area (Å²) in [6, 6.07) is 13.5. The van der Waals surface area contributed by atoms with Gasteiger partial charge in [0.05, 0.1) is 12.3 Å². The highest BCUT2D eigenvalue weighted by atomic mass is 32.2. The van der Waals surface area contributed by atoms with Crippen LogP contribution in [0.25, 0.3) is 10.9 Å². The maximum atomic E-state index is 12.8. The summed E-state index contributed by atoms with van der Waals surface area (Å²) in [6.45, 7) is 3.13. The molecule has 0 aliphatic carbocycles. The Hall–Kier alpha value is -3.18. The standard InChI is InChI=1S/C37H58N4O6S/c1-2-3-4-5-6-7-8-9-10-11-12-13-14-15-16-19-26-38-37(42)45-32-34(47-36-25-29-46-40-36)31-39-48(43,44)30-21-28-41-27-20-23-33-22-17-18-24-35(33)41/h17-18,20,22-25,27,29,34,39H,2-16,19,21,26,28,30-32H2,1H3/p+1. The Morgan fingerprint density at radius 1 is 0.833 bits per heavy atom. The highest BCUT2D eigenvalue weighted by Crippen LogP contribution is 2.14. The number of sulfonamides is 1. The number of aryl methyl sites for hydroxylation is 1. The van der Waals surface area contributed by atoms with Crippen LogP contribution in [0.15, 0.2) is 59.4 Å². The van der Waals surface area contributed by atoms with Gasteiger partial charge in [0, 0.05) is 36.6 Å². The number of rotatable bonds is 28. The summed E-state index contributed by atoms with van der Waals surface area (Å²) >= 11 is 0. The molecule has 1 amide bonds. The number of nitrogens with zero attached hydrogens (tertiary/aromatic N) is 2. The van der Waals surface area contributed by atoms with Gasteiger partial charge in [-0.05, 0) is 23.7 Å². The maximum absolute atomic E-state index is 12.8. The number of alkyl carbamates (subject to hydrolysis) is 1. The van der Waals surface area contributed by atoms with Gasteiger partial charge in [-0.1, -0.05) is 115 Å². The van der Waals surface area contributed by atoms with Crippen molar-refractivity contribution in [1.82, 2.24) is 15.2 Å². The highest BCUT2D eigenvalue weighted by Gasteiger charge is 2.20. The van der Waals surface area contributed by atoms with Crippen LogP contribution >= 0.6 is 0 Å². The summed E-state index contributed by atoms with van der Waals surface area (Å²) in [7, 11) is -3.60. The Kier molecular flexibility index (Phi) is 19.7. The van der Waals surface area contributed by atoms with Gasteiger partial charge in [-0.15, -0.1) is 0 Å². The molecule has 0 radical (unpaired) electrons. The minimum atomic E-state index is -3.60. The first-order chi connectivity index (χ1) is 23.5. The van der Waals surface area contributed by atoms with Gasteiger partial charge in [0.15, 0.2) is 6.20 Å². The lowest BCUT2D eigenvalue weighted by molar-refractivity contribution is -0.671. The molecule has 0 saturated heterocycles. The minimum absolute atomic E-state index is 0.0550. The van der Waals surface area contributed by atoms with Gasteiger partial charge >= 0.3 is 6.09 Å². The van der Waals surface area contributed by atoms with Gasteiger partial charge in [-0.3, -0.25) is 0 Å². The van der Waals surface area contributed by atoms with Gasteiger partial charge in [0.25, 0.3) is 5.88 Å². The van der Waals surface area contributed by atoms with E-state index in [4.69, 9.17) is 14.0 Å². The molecule has 2 heterocycles.